The zero-order chi connectivity index (χ0) is 57.1. The maximum absolute atomic E-state index is 9.34. The van der Waals surface area contributed by atoms with Crippen molar-refractivity contribution in [3.05, 3.63) is 75.9 Å². The monoisotopic (exact) mass is 1550 g/mol. The van der Waals surface area contributed by atoms with Crippen molar-refractivity contribution in [1.82, 2.24) is 9.80 Å². The Bertz CT molecular complexity index is 3440. The number of piperidine rings is 1. The number of alkyl halides is 1. The van der Waals surface area contributed by atoms with Gasteiger partial charge in [0.05, 0.1) is 19.4 Å². The fourth-order valence-corrected chi connectivity index (χ4v) is 157. The molecule has 2 saturated carbocycles. The molecule has 2 aromatic carbocycles. The van der Waals surface area contributed by atoms with E-state index in [9.17, 15) is 5.26 Å². The van der Waals surface area contributed by atoms with Crippen LogP contribution in [-0.4, -0.2) is 82.3 Å². The van der Waals surface area contributed by atoms with Gasteiger partial charge in [-0.15, -0.1) is 0 Å². The van der Waals surface area contributed by atoms with Gasteiger partial charge in [-0.1, -0.05) is 120 Å². The Kier molecular flexibility index (Phi) is 27.6. The van der Waals surface area contributed by atoms with Gasteiger partial charge in [-0.2, -0.15) is 5.26 Å². The van der Waals surface area contributed by atoms with Crippen LogP contribution >= 0.6 is 27.6 Å². The Morgan fingerprint density at radius 3 is 1.80 bits per heavy atom. The molecule has 2 aromatic rings. The van der Waals surface area contributed by atoms with Crippen LogP contribution in [0.3, 0.4) is 0 Å². The lowest BCUT2D eigenvalue weighted by molar-refractivity contribution is 0.00283. The highest BCUT2D eigenvalue weighted by Crippen LogP contribution is 2.59. The fraction of sp³-hybridized carbons (Fsp3) is 0.659. The lowest BCUT2D eigenvalue weighted by Crippen LogP contribution is -2.59. The predicted octanol–water partition coefficient (Wildman–Crippen LogP) is 9.86. The molecule has 5 aliphatic rings. The predicted molar refractivity (Wildman–Crippen MR) is 399 cm³/mol. The highest BCUT2D eigenvalue weighted by molar-refractivity contribution is 9.71. The molecule has 0 N–H and O–H groups in total. The summed E-state index contributed by atoms with van der Waals surface area (Å²) in [5, 5.41) is -9.46. The van der Waals surface area contributed by atoms with Gasteiger partial charge in [0.25, 0.3) is 0 Å². The number of hydrogen-bond acceptors (Lipinski definition) is 21. The highest BCUT2D eigenvalue weighted by atomic mass is 79.9. The first kappa shape index (κ1) is 72.1. The number of nitriles is 1. The van der Waals surface area contributed by atoms with Gasteiger partial charge in [-0.3, -0.25) is 0 Å². The standard InChI is InChI=1S/C22H33NO.C18H25N.C3H7BrO.CHNS25/c1-18-7-8-19-9-12-21(2)10-5-6-11-22(21,20(19)17-18)13-14-23(3)15-16-24-4;1-13-6-7-14-12-17-15-5-3-4-8-18(15,16(14)11-13)9-10-19(17)2;1-5-3-2-4;2-1-20(3,4)22(8,9)24(12,13)26(16,17)27(18,19)25(14,15)23(10,11)21(5,6)7/h7-9,12,17H,5-6,10-11,13-16H2,1-4H3;6-7,11,15,17H,3-5,8-10,12H2,1-2H3;2-3H2,1H3;(H,5,6,7)/t21-,22-;15-,17+,18+;;/m11../s1. The van der Waals surface area contributed by atoms with Crippen LogP contribution in [0.5, 0.6) is 0 Å². The third-order valence-electron chi connectivity index (χ3n) is 15.0. The number of thiocyanates is 1. The molecule has 5 nitrogen and oxygen atoms in total. The molecular weight excluding hydrogens is 1480 g/mol. The van der Waals surface area contributed by atoms with E-state index in [2.05, 4.69) is 126 Å². The molecule has 2 bridgehead atoms. The molecule has 0 radical (unpaired) electrons. The first-order chi connectivity index (χ1) is 34.4. The molecule has 1 aliphatic heterocycles. The van der Waals surface area contributed by atoms with Gasteiger partial charge >= 0.3 is 0 Å². The zero-order valence-electron chi connectivity index (χ0n) is 42.6. The minimum atomic E-state index is -3.23. The summed E-state index contributed by atoms with van der Waals surface area (Å²) < 4.78 is 9.89. The first-order valence-electron chi connectivity index (χ1n) is 23.4. The Morgan fingerprint density at radius 1 is 0.720 bits per heavy atom. The number of halogens is 1. The number of benzene rings is 2. The molecule has 31 heteroatoms. The first-order valence-corrected chi connectivity index (χ1v) is 57.1. The molecule has 0 spiro atoms. The molecule has 426 valence electrons. The molecule has 1 heterocycles. The van der Waals surface area contributed by atoms with Crippen LogP contribution < -0.4 is 0 Å². The molecule has 1 saturated heterocycles. The molecule has 0 unspecified atom stereocenters. The van der Waals surface area contributed by atoms with E-state index >= 15 is 0 Å². The van der Waals surface area contributed by atoms with Crippen LogP contribution in [0, 0.1) is 35.8 Å². The van der Waals surface area contributed by atoms with Gasteiger partial charge in [0.15, 0.2) is 5.40 Å². The van der Waals surface area contributed by atoms with Crippen molar-refractivity contribution in [2.24, 2.45) is 11.3 Å². The van der Waals surface area contributed by atoms with Gasteiger partial charge in [0, 0.05) is 79.4 Å². The van der Waals surface area contributed by atoms with Crippen molar-refractivity contribution < 1.29 is 9.47 Å². The number of likely N-dealkylation sites (N-methyl/N-ethyl adjacent to an activating group) is 2. The van der Waals surface area contributed by atoms with Gasteiger partial charge < -0.3 is 19.3 Å². The largest absolute Gasteiger partial charge is 0.384 e. The average molecular weight is 1550 g/mol. The van der Waals surface area contributed by atoms with Crippen molar-refractivity contribution in [2.75, 3.05) is 66.5 Å². The molecular formula is C44H66BrN3O2S25. The summed E-state index contributed by atoms with van der Waals surface area (Å²) >= 11 is 94.3. The second kappa shape index (κ2) is 28.7. The molecule has 5 atom stereocenters. The van der Waals surface area contributed by atoms with Crippen molar-refractivity contribution in [2.45, 2.75) is 108 Å². The van der Waals surface area contributed by atoms with Gasteiger partial charge in [-0.25, -0.2) is 0 Å². The molecule has 75 heavy (non-hydrogen) atoms. The van der Waals surface area contributed by atoms with E-state index in [1.54, 1.807) is 36.3 Å². The van der Waals surface area contributed by atoms with Gasteiger partial charge in [0.2, 0.25) is 0 Å². The van der Waals surface area contributed by atoms with E-state index in [1.807, 2.05) is 0 Å². The summed E-state index contributed by atoms with van der Waals surface area (Å²) in [7, 11) is 8.05. The lowest BCUT2D eigenvalue weighted by atomic mass is 9.50. The number of nitrogens with zero attached hydrogens (tertiary/aromatic N) is 3. The van der Waals surface area contributed by atoms with Crippen LogP contribution in [0.1, 0.15) is 105 Å². The van der Waals surface area contributed by atoms with Crippen LogP contribution in [0.2, 0.25) is 0 Å². The molecule has 7 rings (SSSR count). The van der Waals surface area contributed by atoms with Crippen molar-refractivity contribution in [1.29, 1.82) is 5.26 Å². The van der Waals surface area contributed by atoms with Crippen molar-refractivity contribution in [3.63, 3.8) is 0 Å². The summed E-state index contributed by atoms with van der Waals surface area (Å²) in [6.45, 7) is 12.1. The maximum atomic E-state index is 9.34. The minimum absolute atomic E-state index is 0.294. The number of thiol groups is 1. The van der Waals surface area contributed by atoms with Gasteiger partial charge in [-0.05, 0) is 299 Å². The quantitative estimate of drug-likeness (QED) is 0.0797. The Labute approximate surface area is 538 Å². The third kappa shape index (κ3) is 14.8. The molecule has 3 fully saturated rings. The summed E-state index contributed by atoms with van der Waals surface area (Å²) in [4.78, 5) is 5.08. The van der Waals surface area contributed by atoms with E-state index < -0.39 is 42.7 Å². The normalized spacial score (nSPS) is 24.9. The number of likely N-dealkylation sites (tertiary alicyclic amines) is 1. The Balaban J connectivity index is 0.000000234. The van der Waals surface area contributed by atoms with E-state index in [0.717, 1.165) is 43.6 Å². The summed E-state index contributed by atoms with van der Waals surface area (Å²) in [5.74, 6) is 0.925. The van der Waals surface area contributed by atoms with Crippen LogP contribution in [-0.2, 0) is 248 Å². The number of allylic oxidation sites excluding steroid dienone is 1. The average Bonchev–Trinajstić information content (AvgIpc) is 3.34. The van der Waals surface area contributed by atoms with Gasteiger partial charge in [0.1, 0.15) is 0 Å². The Morgan fingerprint density at radius 2 is 1.25 bits per heavy atom. The number of hydrogen-bond donors (Lipinski definition) is 1. The zero-order valence-corrected chi connectivity index (χ0v) is 64.7. The van der Waals surface area contributed by atoms with Crippen LogP contribution in [0.15, 0.2) is 42.5 Å². The summed E-state index contributed by atoms with van der Waals surface area (Å²) in [6, 6.07) is 15.1. The van der Waals surface area contributed by atoms with Crippen molar-refractivity contribution >= 4 is 255 Å². The molecule has 4 aliphatic carbocycles. The highest BCUT2D eigenvalue weighted by Gasteiger charge is 2.53. The number of fused-ring (bicyclic) bond motifs is 4. The maximum Gasteiger partial charge on any atom is 0.152 e. The number of methoxy groups -OCH3 is 2. The van der Waals surface area contributed by atoms with E-state index in [0.29, 0.717) is 16.2 Å². The molecule has 0 aromatic heterocycles. The van der Waals surface area contributed by atoms with Crippen LogP contribution in [0.25, 0.3) is 6.08 Å². The fourth-order valence-electron chi connectivity index (χ4n) is 11.0. The van der Waals surface area contributed by atoms with Crippen molar-refractivity contribution in [3.8, 4) is 5.40 Å². The summed E-state index contributed by atoms with van der Waals surface area (Å²) in [5.41, 5.74) is 10.4. The topological polar surface area (TPSA) is 48.7 Å². The smallest absolute Gasteiger partial charge is 0.152 e. The minimum Gasteiger partial charge on any atom is -0.384 e. The SMILES string of the molecule is COCCBr.COCCN(C)CC[C@@]12CCCC[C@]1(C)C=Cc1ccc(C)cc12.Cc1ccc2c(c1)[C@]13CCCC[C@@H]1[C@H](C2)N(C)CC3.N#CS(=S)(=S)S(=S)(=S)S(=S)(=S)S(=S)(=S)S(=S)(=S)S(=S)(=S)S(=S)(=S)S(=S)(=S)S. The van der Waals surface area contributed by atoms with E-state index in [1.165, 1.54) is 93.9 Å². The number of aryl methyl sites for hydroxylation is 2. The second-order valence-corrected chi connectivity index (χ2v) is 103. The number of rotatable bonds is 15. The van der Waals surface area contributed by atoms with Crippen LogP contribution in [0.4, 0.5) is 0 Å². The third-order valence-corrected chi connectivity index (χ3v) is 153. The second-order valence-electron chi connectivity index (χ2n) is 19.5. The lowest BCUT2D eigenvalue weighted by Gasteiger charge is -2.58. The summed E-state index contributed by atoms with van der Waals surface area (Å²) in [6.07, 6.45) is 17.0. The Hall–Kier alpha value is 4.66. The van der Waals surface area contributed by atoms with E-state index in [4.69, 9.17) is 184 Å². The molecule has 0 amide bonds. The van der Waals surface area contributed by atoms with E-state index in [-0.39, 0.29) is 0 Å². The number of ether oxygens (including phenoxy) is 2.